The third kappa shape index (κ3) is 3.75. The van der Waals surface area contributed by atoms with Crippen LogP contribution in [0.3, 0.4) is 0 Å². The van der Waals surface area contributed by atoms with Crippen molar-refractivity contribution in [1.29, 1.82) is 0 Å². The third-order valence-corrected chi connectivity index (χ3v) is 5.20. The first-order valence-corrected chi connectivity index (χ1v) is 10.2. The van der Waals surface area contributed by atoms with E-state index in [-0.39, 0.29) is 0 Å². The van der Waals surface area contributed by atoms with E-state index in [4.69, 9.17) is 9.98 Å². The second-order valence-corrected chi connectivity index (χ2v) is 7.21. The van der Waals surface area contributed by atoms with Crippen LogP contribution in [0.2, 0.25) is 0 Å². The highest BCUT2D eigenvalue weighted by atomic mass is 15.3. The Morgan fingerprint density at radius 2 is 1.67 bits per heavy atom. The third-order valence-electron chi connectivity index (χ3n) is 5.20. The summed E-state index contributed by atoms with van der Waals surface area (Å²) < 4.78 is 2.27. The molecule has 0 aliphatic carbocycles. The van der Waals surface area contributed by atoms with Gasteiger partial charge < -0.3 is 4.90 Å². The van der Waals surface area contributed by atoms with Crippen LogP contribution < -0.4 is 10.4 Å². The summed E-state index contributed by atoms with van der Waals surface area (Å²) >= 11 is 0. The average molecular weight is 361 g/mol. The van der Waals surface area contributed by atoms with Crippen molar-refractivity contribution in [2.24, 2.45) is 4.99 Å². The monoisotopic (exact) mass is 360 g/mol. The standard InChI is InChI=1S/C23H28N4/c1-2-3-16-24-22-20-14-8-9-15-21(20)25-23(26-17-10-5-11-18-26)27(22)19-12-6-4-7-13-19/h4,6-9,12-15H,2-3,5,10-11,16-18H2,1H3. The van der Waals surface area contributed by atoms with Crippen molar-refractivity contribution in [2.45, 2.75) is 39.0 Å². The zero-order valence-corrected chi connectivity index (χ0v) is 16.1. The quantitative estimate of drug-likeness (QED) is 0.617. The molecule has 0 atom stereocenters. The molecule has 140 valence electrons. The van der Waals surface area contributed by atoms with Crippen molar-refractivity contribution in [2.75, 3.05) is 24.5 Å². The molecular formula is C23H28N4. The number of hydrogen-bond acceptors (Lipinski definition) is 3. The largest absolute Gasteiger partial charge is 0.342 e. The first kappa shape index (κ1) is 17.8. The Balaban J connectivity index is 2.01. The number of piperidine rings is 1. The predicted molar refractivity (Wildman–Crippen MR) is 112 cm³/mol. The van der Waals surface area contributed by atoms with Crippen LogP contribution in [0, 0.1) is 0 Å². The lowest BCUT2D eigenvalue weighted by Gasteiger charge is -2.30. The molecule has 0 N–H and O–H groups in total. The van der Waals surface area contributed by atoms with Crippen LogP contribution >= 0.6 is 0 Å². The molecule has 27 heavy (non-hydrogen) atoms. The Hall–Kier alpha value is -2.62. The van der Waals surface area contributed by atoms with Crippen molar-refractivity contribution in [3.05, 3.63) is 60.1 Å². The Bertz CT molecular complexity index is 953. The number of anilines is 1. The molecule has 0 saturated carbocycles. The molecule has 1 fully saturated rings. The molecule has 0 spiro atoms. The molecule has 0 unspecified atom stereocenters. The minimum Gasteiger partial charge on any atom is -0.342 e. The van der Waals surface area contributed by atoms with Crippen LogP contribution in [-0.2, 0) is 0 Å². The van der Waals surface area contributed by atoms with Crippen LogP contribution in [0.25, 0.3) is 16.6 Å². The van der Waals surface area contributed by atoms with Gasteiger partial charge in [-0.15, -0.1) is 0 Å². The minimum atomic E-state index is 0.844. The molecule has 4 nitrogen and oxygen atoms in total. The van der Waals surface area contributed by atoms with Crippen LogP contribution in [0.5, 0.6) is 0 Å². The van der Waals surface area contributed by atoms with E-state index in [2.05, 4.69) is 71.0 Å². The molecule has 4 heteroatoms. The molecule has 2 aromatic carbocycles. The van der Waals surface area contributed by atoms with E-state index < -0.39 is 0 Å². The fourth-order valence-electron chi connectivity index (χ4n) is 3.75. The number of nitrogens with zero attached hydrogens (tertiary/aromatic N) is 4. The van der Waals surface area contributed by atoms with Gasteiger partial charge in [-0.05, 0) is 49.9 Å². The fourth-order valence-corrected chi connectivity index (χ4v) is 3.75. The van der Waals surface area contributed by atoms with Gasteiger partial charge in [0.1, 0.15) is 5.49 Å². The SMILES string of the molecule is CCCCN=c1c2ccccc2nc(N2CCCCC2)n1-c1ccccc1. The second-order valence-electron chi connectivity index (χ2n) is 7.21. The van der Waals surface area contributed by atoms with Crippen LogP contribution in [0.4, 0.5) is 5.95 Å². The lowest BCUT2D eigenvalue weighted by atomic mass is 10.1. The maximum Gasteiger partial charge on any atom is 0.212 e. The highest BCUT2D eigenvalue weighted by Crippen LogP contribution is 2.22. The summed E-state index contributed by atoms with van der Waals surface area (Å²) in [6.07, 6.45) is 6.02. The number of benzene rings is 2. The topological polar surface area (TPSA) is 33.4 Å². The summed E-state index contributed by atoms with van der Waals surface area (Å²) in [5.41, 5.74) is 3.19. The Labute approximate surface area is 161 Å². The molecule has 3 aromatic rings. The normalized spacial score (nSPS) is 15.4. The van der Waals surface area contributed by atoms with Crippen LogP contribution in [0.1, 0.15) is 39.0 Å². The van der Waals surface area contributed by atoms with Crippen LogP contribution in [0.15, 0.2) is 59.6 Å². The predicted octanol–water partition coefficient (Wildman–Crippen LogP) is 4.72. The minimum absolute atomic E-state index is 0.844. The highest BCUT2D eigenvalue weighted by Gasteiger charge is 2.19. The maximum absolute atomic E-state index is 5.09. The number of para-hydroxylation sites is 2. The lowest BCUT2D eigenvalue weighted by molar-refractivity contribution is 0.562. The number of rotatable bonds is 5. The Morgan fingerprint density at radius 3 is 2.44 bits per heavy atom. The number of aromatic nitrogens is 2. The van der Waals surface area contributed by atoms with Gasteiger partial charge >= 0.3 is 0 Å². The van der Waals surface area contributed by atoms with E-state index in [0.717, 1.165) is 60.5 Å². The van der Waals surface area contributed by atoms with Crippen molar-refractivity contribution in [3.8, 4) is 5.69 Å². The van der Waals surface area contributed by atoms with Crippen molar-refractivity contribution in [1.82, 2.24) is 9.55 Å². The summed E-state index contributed by atoms with van der Waals surface area (Å²) in [5.74, 6) is 1.02. The summed E-state index contributed by atoms with van der Waals surface area (Å²) in [4.78, 5) is 12.6. The Kier molecular flexibility index (Phi) is 5.52. The molecule has 1 aliphatic heterocycles. The molecule has 1 saturated heterocycles. The van der Waals surface area contributed by atoms with E-state index in [1.807, 2.05) is 0 Å². The van der Waals surface area contributed by atoms with Gasteiger partial charge in [0.2, 0.25) is 5.95 Å². The highest BCUT2D eigenvalue weighted by molar-refractivity contribution is 5.79. The molecule has 0 amide bonds. The zero-order valence-electron chi connectivity index (χ0n) is 16.1. The van der Waals surface area contributed by atoms with Crippen LogP contribution in [-0.4, -0.2) is 29.2 Å². The maximum atomic E-state index is 5.09. The van der Waals surface area contributed by atoms with Gasteiger partial charge in [-0.3, -0.25) is 9.56 Å². The molecule has 4 rings (SSSR count). The van der Waals surface area contributed by atoms with Gasteiger partial charge in [-0.1, -0.05) is 43.7 Å². The van der Waals surface area contributed by atoms with Gasteiger partial charge in [0.25, 0.3) is 0 Å². The van der Waals surface area contributed by atoms with Crippen molar-refractivity contribution < 1.29 is 0 Å². The fraction of sp³-hybridized carbons (Fsp3) is 0.391. The van der Waals surface area contributed by atoms with Gasteiger partial charge in [0, 0.05) is 25.0 Å². The summed E-state index contributed by atoms with van der Waals surface area (Å²) in [5, 5.41) is 1.12. The van der Waals surface area contributed by atoms with Gasteiger partial charge in [0.15, 0.2) is 0 Å². The van der Waals surface area contributed by atoms with E-state index in [9.17, 15) is 0 Å². The number of unbranched alkanes of at least 4 members (excludes halogenated alkanes) is 1. The summed E-state index contributed by atoms with van der Waals surface area (Å²) in [6, 6.07) is 19.0. The van der Waals surface area contributed by atoms with Gasteiger partial charge in [-0.2, -0.15) is 0 Å². The average Bonchev–Trinajstić information content (AvgIpc) is 2.74. The van der Waals surface area contributed by atoms with E-state index in [0.29, 0.717) is 0 Å². The van der Waals surface area contributed by atoms with Crippen molar-refractivity contribution >= 4 is 16.9 Å². The molecule has 1 aromatic heterocycles. The molecule has 0 radical (unpaired) electrons. The van der Waals surface area contributed by atoms with Crippen molar-refractivity contribution in [3.63, 3.8) is 0 Å². The Morgan fingerprint density at radius 1 is 0.926 bits per heavy atom. The van der Waals surface area contributed by atoms with E-state index in [1.54, 1.807) is 0 Å². The molecule has 2 heterocycles. The molecule has 1 aliphatic rings. The lowest BCUT2D eigenvalue weighted by Crippen LogP contribution is -2.36. The van der Waals surface area contributed by atoms with E-state index in [1.165, 1.54) is 19.3 Å². The van der Waals surface area contributed by atoms with Gasteiger partial charge in [-0.25, -0.2) is 4.98 Å². The number of fused-ring (bicyclic) bond motifs is 1. The summed E-state index contributed by atoms with van der Waals surface area (Å²) in [6.45, 7) is 5.18. The van der Waals surface area contributed by atoms with Gasteiger partial charge in [0.05, 0.1) is 11.2 Å². The number of hydrogen-bond donors (Lipinski definition) is 0. The second kappa shape index (κ2) is 8.38. The molecule has 0 bridgehead atoms. The zero-order chi connectivity index (χ0) is 18.5. The first-order chi connectivity index (χ1) is 13.4. The van der Waals surface area contributed by atoms with E-state index >= 15 is 0 Å². The summed E-state index contributed by atoms with van der Waals surface area (Å²) in [7, 11) is 0. The first-order valence-electron chi connectivity index (χ1n) is 10.2. The smallest absolute Gasteiger partial charge is 0.212 e. The molecular weight excluding hydrogens is 332 g/mol.